The molecule has 3 aromatic rings. The second kappa shape index (κ2) is 10.2. The Labute approximate surface area is 207 Å². The Hall–Kier alpha value is -3.55. The number of thioether (sulfide) groups is 1. The molecule has 0 atom stereocenters. The second-order valence-corrected chi connectivity index (χ2v) is 9.20. The van der Waals surface area contributed by atoms with Gasteiger partial charge in [-0.25, -0.2) is 4.99 Å². The molecule has 1 saturated heterocycles. The van der Waals surface area contributed by atoms with Gasteiger partial charge in [0.05, 0.1) is 16.3 Å². The summed E-state index contributed by atoms with van der Waals surface area (Å²) in [6.45, 7) is 3.71. The molecule has 6 nitrogen and oxygen atoms in total. The lowest BCUT2D eigenvalue weighted by molar-refractivity contribution is -0.120. The number of benzene rings is 3. The summed E-state index contributed by atoms with van der Waals surface area (Å²) in [6, 6.07) is 20.4. The van der Waals surface area contributed by atoms with Crippen LogP contribution >= 0.6 is 23.4 Å². The quantitative estimate of drug-likeness (QED) is 0.453. The fourth-order valence-corrected chi connectivity index (χ4v) is 4.43. The molecule has 2 N–H and O–H groups in total. The van der Waals surface area contributed by atoms with Gasteiger partial charge in [-0.05, 0) is 74.1 Å². The van der Waals surface area contributed by atoms with E-state index in [0.29, 0.717) is 32.1 Å². The van der Waals surface area contributed by atoms with Gasteiger partial charge in [0.25, 0.3) is 11.8 Å². The summed E-state index contributed by atoms with van der Waals surface area (Å²) in [5.41, 5.74) is 9.45. The van der Waals surface area contributed by atoms with Gasteiger partial charge in [-0.1, -0.05) is 47.0 Å². The number of aliphatic imine (C=N–C) groups is 1. The zero-order valence-electron chi connectivity index (χ0n) is 18.6. The number of ether oxygens (including phenoxy) is 1. The number of aryl methyl sites for hydroxylation is 2. The molecule has 0 aliphatic carbocycles. The minimum atomic E-state index is -0.599. The molecule has 0 unspecified atom stereocenters. The van der Waals surface area contributed by atoms with Crippen LogP contribution in [0.1, 0.15) is 16.7 Å². The van der Waals surface area contributed by atoms with Gasteiger partial charge in [-0.3, -0.25) is 14.5 Å². The van der Waals surface area contributed by atoms with Crippen LogP contribution in [0.3, 0.4) is 0 Å². The summed E-state index contributed by atoms with van der Waals surface area (Å²) in [7, 11) is 0. The number of carbonyl (C=O) groups is 2. The van der Waals surface area contributed by atoms with E-state index in [-0.39, 0.29) is 12.5 Å². The van der Waals surface area contributed by atoms with Crippen molar-refractivity contribution in [2.45, 2.75) is 13.8 Å². The zero-order valence-corrected chi connectivity index (χ0v) is 20.2. The molecular weight excluding hydrogens is 470 g/mol. The van der Waals surface area contributed by atoms with Crippen molar-refractivity contribution in [1.29, 1.82) is 0 Å². The molecule has 172 valence electrons. The summed E-state index contributed by atoms with van der Waals surface area (Å²) in [5.74, 6) is -0.423. The van der Waals surface area contributed by atoms with Crippen LogP contribution in [0.2, 0.25) is 5.02 Å². The molecule has 1 heterocycles. The molecule has 8 heteroatoms. The van der Waals surface area contributed by atoms with E-state index in [2.05, 4.69) is 0 Å². The third-order valence-electron chi connectivity index (χ3n) is 4.99. The molecule has 1 aliphatic rings. The number of primary amides is 1. The number of hydrogen-bond acceptors (Lipinski definition) is 5. The minimum absolute atomic E-state index is 0.222. The van der Waals surface area contributed by atoms with Crippen molar-refractivity contribution in [3.05, 3.63) is 93.3 Å². The Kier molecular flexibility index (Phi) is 7.05. The van der Waals surface area contributed by atoms with Crippen LogP contribution in [0.25, 0.3) is 6.08 Å². The summed E-state index contributed by atoms with van der Waals surface area (Å²) >= 11 is 7.44. The third kappa shape index (κ3) is 5.50. The van der Waals surface area contributed by atoms with E-state index in [1.807, 2.05) is 62.4 Å². The molecule has 0 saturated carbocycles. The van der Waals surface area contributed by atoms with Crippen LogP contribution in [0, 0.1) is 13.8 Å². The van der Waals surface area contributed by atoms with Gasteiger partial charge in [0, 0.05) is 10.6 Å². The van der Waals surface area contributed by atoms with Gasteiger partial charge >= 0.3 is 0 Å². The first-order valence-corrected chi connectivity index (χ1v) is 11.7. The first-order valence-electron chi connectivity index (χ1n) is 10.5. The lowest BCUT2D eigenvalue weighted by Gasteiger charge is -2.16. The van der Waals surface area contributed by atoms with E-state index in [1.165, 1.54) is 11.8 Å². The predicted molar refractivity (Wildman–Crippen MR) is 139 cm³/mol. The molecule has 34 heavy (non-hydrogen) atoms. The standard InChI is InChI=1S/C26H22ClN3O3S/c1-16-3-8-20(9-4-16)29-26-30(21-10-5-17(2)6-11-21)25(32)23(34-26)14-18-13-19(27)7-12-22(18)33-15-24(28)31/h3-14H,15H2,1-2H3,(H2,28,31). The van der Waals surface area contributed by atoms with Crippen LogP contribution in [0.4, 0.5) is 11.4 Å². The fourth-order valence-electron chi connectivity index (χ4n) is 3.25. The van der Waals surface area contributed by atoms with Gasteiger partial charge in [0.15, 0.2) is 11.8 Å². The predicted octanol–water partition coefficient (Wildman–Crippen LogP) is 5.63. The van der Waals surface area contributed by atoms with Crippen LogP contribution in [-0.2, 0) is 9.59 Å². The van der Waals surface area contributed by atoms with Gasteiger partial charge in [0.2, 0.25) is 0 Å². The normalized spacial score (nSPS) is 15.9. The smallest absolute Gasteiger partial charge is 0.271 e. The molecule has 0 spiro atoms. The number of nitrogens with two attached hydrogens (primary N) is 1. The number of amides is 2. The van der Waals surface area contributed by atoms with E-state index in [1.54, 1.807) is 29.2 Å². The highest BCUT2D eigenvalue weighted by molar-refractivity contribution is 8.19. The highest BCUT2D eigenvalue weighted by Crippen LogP contribution is 2.38. The summed E-state index contributed by atoms with van der Waals surface area (Å²) in [5, 5.41) is 1.00. The maximum Gasteiger partial charge on any atom is 0.271 e. The monoisotopic (exact) mass is 491 g/mol. The number of hydrogen-bond donors (Lipinski definition) is 1. The van der Waals surface area contributed by atoms with Crippen LogP contribution in [0.5, 0.6) is 5.75 Å². The van der Waals surface area contributed by atoms with Gasteiger partial charge in [0.1, 0.15) is 5.75 Å². The molecule has 2 amide bonds. The van der Waals surface area contributed by atoms with E-state index >= 15 is 0 Å². The number of halogens is 1. The second-order valence-electron chi connectivity index (χ2n) is 7.75. The van der Waals surface area contributed by atoms with Crippen LogP contribution in [-0.4, -0.2) is 23.6 Å². The molecule has 0 radical (unpaired) electrons. The fraction of sp³-hybridized carbons (Fsp3) is 0.115. The number of nitrogens with zero attached hydrogens (tertiary/aromatic N) is 2. The lowest BCUT2D eigenvalue weighted by Crippen LogP contribution is -2.28. The SMILES string of the molecule is Cc1ccc(N=C2SC(=Cc3cc(Cl)ccc3OCC(N)=O)C(=O)N2c2ccc(C)cc2)cc1. The Morgan fingerprint density at radius 2 is 1.71 bits per heavy atom. The van der Waals surface area contributed by atoms with Crippen molar-refractivity contribution in [3.63, 3.8) is 0 Å². The third-order valence-corrected chi connectivity index (χ3v) is 6.19. The average molecular weight is 492 g/mol. The molecule has 3 aromatic carbocycles. The van der Waals surface area contributed by atoms with Gasteiger partial charge < -0.3 is 10.5 Å². The first kappa shape index (κ1) is 23.6. The molecule has 1 aliphatic heterocycles. The lowest BCUT2D eigenvalue weighted by atomic mass is 10.1. The van der Waals surface area contributed by atoms with Crippen molar-refractivity contribution in [2.75, 3.05) is 11.5 Å². The van der Waals surface area contributed by atoms with Crippen molar-refractivity contribution in [1.82, 2.24) is 0 Å². The number of amidine groups is 1. The molecule has 0 aromatic heterocycles. The van der Waals surface area contributed by atoms with Crippen molar-refractivity contribution >= 4 is 57.8 Å². The van der Waals surface area contributed by atoms with Crippen LogP contribution < -0.4 is 15.4 Å². The van der Waals surface area contributed by atoms with Gasteiger partial charge in [-0.2, -0.15) is 0 Å². The van der Waals surface area contributed by atoms with E-state index in [0.717, 1.165) is 16.8 Å². The van der Waals surface area contributed by atoms with Crippen molar-refractivity contribution in [3.8, 4) is 5.75 Å². The minimum Gasteiger partial charge on any atom is -0.483 e. The Morgan fingerprint density at radius 1 is 1.06 bits per heavy atom. The summed E-state index contributed by atoms with van der Waals surface area (Å²) in [4.78, 5) is 31.5. The average Bonchev–Trinajstić information content (AvgIpc) is 3.10. The van der Waals surface area contributed by atoms with Crippen LogP contribution in [0.15, 0.2) is 76.6 Å². The zero-order chi connectivity index (χ0) is 24.2. The Bertz CT molecular complexity index is 1300. The topological polar surface area (TPSA) is 85.0 Å². The number of anilines is 1. The number of carbonyl (C=O) groups excluding carboxylic acids is 2. The summed E-state index contributed by atoms with van der Waals surface area (Å²) in [6.07, 6.45) is 1.69. The van der Waals surface area contributed by atoms with Gasteiger partial charge in [-0.15, -0.1) is 0 Å². The van der Waals surface area contributed by atoms with E-state index in [4.69, 9.17) is 27.1 Å². The largest absolute Gasteiger partial charge is 0.483 e. The summed E-state index contributed by atoms with van der Waals surface area (Å²) < 4.78 is 5.52. The van der Waals surface area contributed by atoms with E-state index < -0.39 is 5.91 Å². The maximum atomic E-state index is 13.5. The van der Waals surface area contributed by atoms with Crippen molar-refractivity contribution < 1.29 is 14.3 Å². The Morgan fingerprint density at radius 3 is 2.35 bits per heavy atom. The molecule has 4 rings (SSSR count). The molecular formula is C26H22ClN3O3S. The highest BCUT2D eigenvalue weighted by atomic mass is 35.5. The van der Waals surface area contributed by atoms with E-state index in [9.17, 15) is 9.59 Å². The maximum absolute atomic E-state index is 13.5. The highest BCUT2D eigenvalue weighted by Gasteiger charge is 2.35. The molecule has 1 fully saturated rings. The molecule has 0 bridgehead atoms. The Balaban J connectivity index is 1.76. The number of rotatable bonds is 6. The van der Waals surface area contributed by atoms with Crippen molar-refractivity contribution in [2.24, 2.45) is 10.7 Å². The first-order chi connectivity index (χ1) is 16.3.